The quantitative estimate of drug-likeness (QED) is 0.684. The van der Waals surface area contributed by atoms with Gasteiger partial charge < -0.3 is 15.0 Å². The van der Waals surface area contributed by atoms with Crippen LogP contribution < -0.4 is 5.32 Å². The third-order valence-corrected chi connectivity index (χ3v) is 3.56. The first-order chi connectivity index (χ1) is 10.9. The molecule has 124 valence electrons. The summed E-state index contributed by atoms with van der Waals surface area (Å²) in [5, 5.41) is 3.44. The highest BCUT2D eigenvalue weighted by Crippen LogP contribution is 2.21. The molecule has 0 radical (unpaired) electrons. The molecule has 1 heterocycles. The van der Waals surface area contributed by atoms with Gasteiger partial charge in [-0.15, -0.1) is 0 Å². The van der Waals surface area contributed by atoms with Crippen LogP contribution in [0.3, 0.4) is 0 Å². The average molecular weight is 317 g/mol. The van der Waals surface area contributed by atoms with E-state index in [1.54, 1.807) is 17.0 Å². The summed E-state index contributed by atoms with van der Waals surface area (Å²) in [7, 11) is 0. The fourth-order valence-electron chi connectivity index (χ4n) is 2.45. The Balaban J connectivity index is 1.82. The summed E-state index contributed by atoms with van der Waals surface area (Å²) in [4.78, 5) is 27.5. The number of nitrogens with zero attached hydrogens (tertiary/aromatic N) is 2. The number of likely N-dealkylation sites (tertiary alicyclic amines) is 1. The fourth-order valence-corrected chi connectivity index (χ4v) is 2.45. The van der Waals surface area contributed by atoms with Gasteiger partial charge in [-0.1, -0.05) is 0 Å². The number of benzene rings is 1. The third-order valence-electron chi connectivity index (χ3n) is 3.56. The second kappa shape index (κ2) is 7.29. The first-order valence-corrected chi connectivity index (χ1v) is 7.80. The van der Waals surface area contributed by atoms with E-state index in [4.69, 9.17) is 4.74 Å². The van der Waals surface area contributed by atoms with E-state index >= 15 is 0 Å². The second-order valence-corrected chi connectivity index (χ2v) is 6.64. The molecule has 1 saturated heterocycles. The lowest BCUT2D eigenvalue weighted by Crippen LogP contribution is -2.44. The zero-order chi connectivity index (χ0) is 16.9. The zero-order valence-corrected chi connectivity index (χ0v) is 13.8. The number of piperidine rings is 1. The Bertz CT molecular complexity index is 578. The Hall–Kier alpha value is -2.33. The number of nitrogens with one attached hydrogen (secondary N) is 1. The molecule has 2 rings (SSSR count). The minimum atomic E-state index is -0.460. The molecule has 0 aromatic heterocycles. The van der Waals surface area contributed by atoms with E-state index in [-0.39, 0.29) is 6.09 Å². The third kappa shape index (κ3) is 5.42. The Morgan fingerprint density at radius 1 is 1.26 bits per heavy atom. The summed E-state index contributed by atoms with van der Waals surface area (Å²) < 4.78 is 5.39. The molecule has 0 atom stereocenters. The van der Waals surface area contributed by atoms with E-state index in [9.17, 15) is 9.59 Å². The molecule has 0 unspecified atom stereocenters. The van der Waals surface area contributed by atoms with Crippen molar-refractivity contribution in [3.63, 3.8) is 0 Å². The maximum Gasteiger partial charge on any atom is 0.410 e. The van der Waals surface area contributed by atoms with Crippen molar-refractivity contribution >= 4 is 23.5 Å². The summed E-state index contributed by atoms with van der Waals surface area (Å²) in [5.74, 6) is 0. The zero-order valence-electron chi connectivity index (χ0n) is 13.8. The van der Waals surface area contributed by atoms with Crippen molar-refractivity contribution in [1.29, 1.82) is 0 Å². The van der Waals surface area contributed by atoms with Gasteiger partial charge in [0.05, 0.1) is 5.69 Å². The lowest BCUT2D eigenvalue weighted by Gasteiger charge is -2.34. The van der Waals surface area contributed by atoms with Crippen LogP contribution in [0.25, 0.3) is 0 Å². The van der Waals surface area contributed by atoms with Crippen LogP contribution in [0, 0.1) is 0 Å². The van der Waals surface area contributed by atoms with Crippen LogP contribution in [0.2, 0.25) is 0 Å². The van der Waals surface area contributed by atoms with Crippen molar-refractivity contribution in [3.8, 4) is 0 Å². The summed E-state index contributed by atoms with van der Waals surface area (Å²) in [6.07, 6.45) is 3.02. The number of isocyanates is 1. The highest BCUT2D eigenvalue weighted by atomic mass is 16.6. The van der Waals surface area contributed by atoms with Crippen molar-refractivity contribution in [2.75, 3.05) is 18.4 Å². The Kier molecular flexibility index (Phi) is 5.40. The molecule has 0 bridgehead atoms. The molecule has 0 saturated carbocycles. The van der Waals surface area contributed by atoms with Gasteiger partial charge in [0.15, 0.2) is 0 Å². The minimum Gasteiger partial charge on any atom is -0.444 e. The van der Waals surface area contributed by atoms with Crippen LogP contribution in [0.1, 0.15) is 33.6 Å². The van der Waals surface area contributed by atoms with E-state index in [0.29, 0.717) is 24.8 Å². The van der Waals surface area contributed by atoms with Gasteiger partial charge in [0.1, 0.15) is 5.60 Å². The predicted octanol–water partition coefficient (Wildman–Crippen LogP) is 3.47. The number of carbonyl (C=O) groups excluding carboxylic acids is 2. The van der Waals surface area contributed by atoms with Crippen molar-refractivity contribution in [2.24, 2.45) is 4.99 Å². The summed E-state index contributed by atoms with van der Waals surface area (Å²) in [5.41, 5.74) is 1.11. The molecular formula is C17H23N3O3. The Morgan fingerprint density at radius 3 is 2.39 bits per heavy atom. The number of ether oxygens (including phenoxy) is 1. The molecule has 1 aromatic rings. The van der Waals surface area contributed by atoms with E-state index in [0.717, 1.165) is 18.5 Å². The van der Waals surface area contributed by atoms with Gasteiger partial charge in [-0.25, -0.2) is 9.59 Å². The molecule has 1 aromatic carbocycles. The number of aliphatic imine (C=N–C) groups is 1. The summed E-state index contributed by atoms with van der Waals surface area (Å²) in [6, 6.07) is 7.62. The number of carbonyl (C=O) groups is 1. The molecular weight excluding hydrogens is 294 g/mol. The van der Waals surface area contributed by atoms with Crippen molar-refractivity contribution in [1.82, 2.24) is 4.90 Å². The number of rotatable bonds is 3. The molecule has 0 aliphatic carbocycles. The van der Waals surface area contributed by atoms with Gasteiger partial charge >= 0.3 is 6.09 Å². The first-order valence-electron chi connectivity index (χ1n) is 7.80. The highest BCUT2D eigenvalue weighted by Gasteiger charge is 2.26. The van der Waals surface area contributed by atoms with Crippen LogP contribution in [-0.2, 0) is 9.53 Å². The van der Waals surface area contributed by atoms with Gasteiger partial charge in [0.2, 0.25) is 6.08 Å². The van der Waals surface area contributed by atoms with Gasteiger partial charge in [-0.3, -0.25) is 0 Å². The highest BCUT2D eigenvalue weighted by molar-refractivity contribution is 5.68. The Labute approximate surface area is 136 Å². The maximum atomic E-state index is 12.0. The molecule has 1 amide bonds. The number of amides is 1. The second-order valence-electron chi connectivity index (χ2n) is 6.64. The van der Waals surface area contributed by atoms with Gasteiger partial charge in [-0.2, -0.15) is 4.99 Å². The molecule has 0 spiro atoms. The van der Waals surface area contributed by atoms with Crippen LogP contribution in [-0.4, -0.2) is 41.8 Å². The SMILES string of the molecule is CC(C)(C)OC(=O)N1CCC(Nc2ccc(N=C=O)cc2)CC1. The topological polar surface area (TPSA) is 71.0 Å². The Morgan fingerprint density at radius 2 is 1.87 bits per heavy atom. The number of hydrogen-bond acceptors (Lipinski definition) is 5. The molecule has 23 heavy (non-hydrogen) atoms. The monoisotopic (exact) mass is 317 g/mol. The fraction of sp³-hybridized carbons (Fsp3) is 0.529. The summed E-state index contributed by atoms with van der Waals surface area (Å²) >= 11 is 0. The smallest absolute Gasteiger partial charge is 0.410 e. The van der Waals surface area contributed by atoms with Crippen molar-refractivity contribution < 1.29 is 14.3 Å². The number of anilines is 1. The standard InChI is InChI=1S/C17H23N3O3/c1-17(2,3)23-16(22)20-10-8-15(9-11-20)19-14-6-4-13(5-7-14)18-12-21/h4-7,15,19H,8-11H2,1-3H3. The lowest BCUT2D eigenvalue weighted by atomic mass is 10.0. The van der Waals surface area contributed by atoms with E-state index in [1.165, 1.54) is 6.08 Å². The predicted molar refractivity (Wildman–Crippen MR) is 88.7 cm³/mol. The lowest BCUT2D eigenvalue weighted by molar-refractivity contribution is 0.0210. The van der Waals surface area contributed by atoms with Crippen molar-refractivity contribution in [2.45, 2.75) is 45.3 Å². The van der Waals surface area contributed by atoms with E-state index < -0.39 is 5.60 Å². The van der Waals surface area contributed by atoms with Gasteiger partial charge in [-0.05, 0) is 57.9 Å². The molecule has 6 heteroatoms. The molecule has 1 fully saturated rings. The van der Waals surface area contributed by atoms with Crippen LogP contribution >= 0.6 is 0 Å². The van der Waals surface area contributed by atoms with Crippen LogP contribution in [0.5, 0.6) is 0 Å². The van der Waals surface area contributed by atoms with E-state index in [2.05, 4.69) is 10.3 Å². The van der Waals surface area contributed by atoms with Gasteiger partial charge in [0.25, 0.3) is 0 Å². The average Bonchev–Trinajstić information content (AvgIpc) is 2.48. The molecule has 1 N–H and O–H groups in total. The maximum absolute atomic E-state index is 12.0. The minimum absolute atomic E-state index is 0.243. The molecule has 1 aliphatic heterocycles. The normalized spacial score (nSPS) is 15.7. The number of hydrogen-bond donors (Lipinski definition) is 1. The van der Waals surface area contributed by atoms with Crippen LogP contribution in [0.15, 0.2) is 29.3 Å². The van der Waals surface area contributed by atoms with Crippen LogP contribution in [0.4, 0.5) is 16.2 Å². The van der Waals surface area contributed by atoms with Crippen molar-refractivity contribution in [3.05, 3.63) is 24.3 Å². The van der Waals surface area contributed by atoms with E-state index in [1.807, 2.05) is 32.9 Å². The first kappa shape index (κ1) is 17.0. The molecule has 6 nitrogen and oxygen atoms in total. The van der Waals surface area contributed by atoms with Gasteiger partial charge in [0, 0.05) is 24.8 Å². The largest absolute Gasteiger partial charge is 0.444 e. The summed E-state index contributed by atoms with van der Waals surface area (Å²) in [6.45, 7) is 6.98. The molecule has 1 aliphatic rings.